The number of hydrogen-bond acceptors (Lipinski definition) is 0. The maximum atomic E-state index is 2.69. The van der Waals surface area contributed by atoms with Crippen LogP contribution in [0.2, 0.25) is 0 Å². The van der Waals surface area contributed by atoms with Gasteiger partial charge in [-0.3, -0.25) is 0 Å². The van der Waals surface area contributed by atoms with E-state index >= 15 is 0 Å². The summed E-state index contributed by atoms with van der Waals surface area (Å²) in [6.45, 7) is 9.35. The van der Waals surface area contributed by atoms with E-state index in [1.165, 1.54) is 360 Å². The Morgan fingerprint density at radius 2 is 0.364 bits per heavy atom. The van der Waals surface area contributed by atoms with E-state index in [0.29, 0.717) is 0 Å². The Balaban J connectivity index is 2.45. The maximum absolute atomic E-state index is 2.69. The van der Waals surface area contributed by atoms with Crippen LogP contribution < -0.4 is 0 Å². The average Bonchev–Trinajstić information content (AvgIpc) is 3.32. The Morgan fingerprint density at radius 1 is 0.182 bits per heavy atom. The van der Waals surface area contributed by atoms with Crippen molar-refractivity contribution in [3.05, 3.63) is 34.4 Å². The van der Waals surface area contributed by atoms with Crippen molar-refractivity contribution < 1.29 is 0 Å². The molecule has 0 saturated heterocycles. The van der Waals surface area contributed by atoms with Gasteiger partial charge in [0.05, 0.1) is 0 Å². The lowest BCUT2D eigenvalue weighted by molar-refractivity contribution is 0.525. The van der Waals surface area contributed by atoms with Gasteiger partial charge in [0.2, 0.25) is 0 Å². The molecule has 0 radical (unpaired) electrons. The highest BCUT2D eigenvalue weighted by Gasteiger charge is 2.12. The van der Waals surface area contributed by atoms with Gasteiger partial charge in [-0.1, -0.05) is 354 Å². The highest BCUT2D eigenvalue weighted by molar-refractivity contribution is 5.40. The second kappa shape index (κ2) is 53.6. The normalized spacial score (nSPS) is 11.7. The first-order chi connectivity index (χ1) is 32.8. The third-order valence-electron chi connectivity index (χ3n) is 15.7. The van der Waals surface area contributed by atoms with Gasteiger partial charge in [-0.2, -0.15) is 0 Å². The molecule has 1 aromatic rings. The highest BCUT2D eigenvalue weighted by Crippen LogP contribution is 2.27. The number of hydrogen-bond donors (Lipinski definition) is 0. The minimum absolute atomic E-state index is 1.26. The number of rotatable bonds is 56. The zero-order valence-corrected chi connectivity index (χ0v) is 46.8. The molecule has 0 unspecified atom stereocenters. The molecule has 0 bridgehead atoms. The van der Waals surface area contributed by atoms with Crippen LogP contribution in [0.15, 0.2) is 12.1 Å². The van der Waals surface area contributed by atoms with E-state index < -0.39 is 0 Å². The van der Waals surface area contributed by atoms with Crippen molar-refractivity contribution >= 4 is 0 Å². The summed E-state index contributed by atoms with van der Waals surface area (Å²) in [7, 11) is 0. The minimum atomic E-state index is 1.26. The van der Waals surface area contributed by atoms with Gasteiger partial charge in [-0.05, 0) is 67.2 Å². The Bertz CT molecular complexity index is 991. The molecule has 0 nitrogen and oxygen atoms in total. The molecule has 0 heteroatoms. The minimum Gasteiger partial charge on any atom is -0.0654 e. The second-order valence-electron chi connectivity index (χ2n) is 22.4. The molecule has 390 valence electrons. The van der Waals surface area contributed by atoms with Crippen LogP contribution in [0.25, 0.3) is 0 Å². The Labute approximate surface area is 419 Å². The zero-order valence-electron chi connectivity index (χ0n) is 46.8. The largest absolute Gasteiger partial charge is 0.0654 e. The first-order valence-corrected chi connectivity index (χ1v) is 31.9. The molecular formula is C66H126. The molecule has 0 fully saturated rings. The third-order valence-corrected chi connectivity index (χ3v) is 15.7. The summed E-state index contributed by atoms with van der Waals surface area (Å²) < 4.78 is 0. The van der Waals surface area contributed by atoms with Crippen molar-refractivity contribution in [2.24, 2.45) is 0 Å². The number of benzene rings is 1. The summed E-state index contributed by atoms with van der Waals surface area (Å²) >= 11 is 0. The lowest BCUT2D eigenvalue weighted by Crippen LogP contribution is -2.04. The van der Waals surface area contributed by atoms with E-state index in [4.69, 9.17) is 0 Å². The van der Waals surface area contributed by atoms with Crippen LogP contribution >= 0.6 is 0 Å². The Hall–Kier alpha value is -0.780. The molecule has 0 N–H and O–H groups in total. The van der Waals surface area contributed by atoms with Gasteiger partial charge in [0.25, 0.3) is 0 Å². The number of aryl methyl sites for hydroxylation is 3. The fourth-order valence-electron chi connectivity index (χ4n) is 11.2. The van der Waals surface area contributed by atoms with Crippen LogP contribution in [0.3, 0.4) is 0 Å². The summed E-state index contributed by atoms with van der Waals surface area (Å²) in [6, 6.07) is 5.38. The van der Waals surface area contributed by atoms with Crippen molar-refractivity contribution in [2.75, 3.05) is 0 Å². The lowest BCUT2D eigenvalue weighted by atomic mass is 9.87. The van der Waals surface area contributed by atoms with E-state index in [2.05, 4.69) is 39.8 Å². The van der Waals surface area contributed by atoms with Gasteiger partial charge in [0.15, 0.2) is 0 Å². The van der Waals surface area contributed by atoms with Gasteiger partial charge in [-0.15, -0.1) is 0 Å². The summed E-state index contributed by atoms with van der Waals surface area (Å²) in [5, 5.41) is 0. The van der Waals surface area contributed by atoms with Gasteiger partial charge in [-0.25, -0.2) is 0 Å². The second-order valence-corrected chi connectivity index (χ2v) is 22.4. The predicted molar refractivity (Wildman–Crippen MR) is 304 cm³/mol. The molecule has 0 saturated carbocycles. The molecule has 0 heterocycles. The first-order valence-electron chi connectivity index (χ1n) is 31.9. The van der Waals surface area contributed by atoms with Crippen LogP contribution in [0.4, 0.5) is 0 Å². The average molecular weight is 920 g/mol. The van der Waals surface area contributed by atoms with Crippen LogP contribution in [-0.2, 0) is 25.7 Å². The molecule has 0 spiro atoms. The van der Waals surface area contributed by atoms with Crippen molar-refractivity contribution in [1.82, 2.24) is 0 Å². The van der Waals surface area contributed by atoms with Gasteiger partial charge in [0.1, 0.15) is 0 Å². The molecular weight excluding hydrogens is 793 g/mol. The molecule has 0 aliphatic carbocycles. The summed E-state index contributed by atoms with van der Waals surface area (Å²) in [4.78, 5) is 0. The van der Waals surface area contributed by atoms with Crippen LogP contribution in [0.1, 0.15) is 384 Å². The molecule has 1 aromatic carbocycles. The van der Waals surface area contributed by atoms with E-state index in [0.717, 1.165) is 0 Å². The van der Waals surface area contributed by atoms with E-state index in [1.54, 1.807) is 16.7 Å². The molecule has 66 heavy (non-hydrogen) atoms. The SMILES string of the molecule is CCCCCCCCCCCCCCCCCCCc1cc(CCC)cc(CCCCCCCCCCCCCCCCCCC)c1CCCCCCCCCCCCCCCCCCC. The fourth-order valence-corrected chi connectivity index (χ4v) is 11.2. The molecule has 0 aliphatic heterocycles. The quantitative estimate of drug-likeness (QED) is 0.0571. The van der Waals surface area contributed by atoms with Crippen LogP contribution in [-0.4, -0.2) is 0 Å². The highest BCUT2D eigenvalue weighted by atomic mass is 14.2. The summed E-state index contributed by atoms with van der Waals surface area (Å²) in [5.41, 5.74) is 6.98. The maximum Gasteiger partial charge on any atom is -0.0273 e. The molecule has 0 amide bonds. The predicted octanol–water partition coefficient (Wildman–Crippen LogP) is 24.2. The third kappa shape index (κ3) is 43.3. The van der Waals surface area contributed by atoms with Gasteiger partial charge < -0.3 is 0 Å². The lowest BCUT2D eigenvalue weighted by Gasteiger charge is -2.18. The standard InChI is InChI=1S/C66H126/c1-5-9-12-15-18-21-24-27-30-33-36-39-42-45-48-51-54-58-64-61-63(57-8-4)62-65(59-55-52-49-46-43-40-37-34-31-28-25-22-19-16-13-10-6-2)66(64)60-56-53-50-47-44-41-38-35-32-29-26-23-20-17-14-11-7-3/h61-62H,5-60H2,1-4H3. The van der Waals surface area contributed by atoms with Crippen molar-refractivity contribution in [3.63, 3.8) is 0 Å². The van der Waals surface area contributed by atoms with Crippen LogP contribution in [0, 0.1) is 0 Å². The van der Waals surface area contributed by atoms with Gasteiger partial charge in [0, 0.05) is 0 Å². The first kappa shape index (κ1) is 63.2. The van der Waals surface area contributed by atoms with Crippen LogP contribution in [0.5, 0.6) is 0 Å². The van der Waals surface area contributed by atoms with Gasteiger partial charge >= 0.3 is 0 Å². The Kier molecular flexibility index (Phi) is 51.3. The van der Waals surface area contributed by atoms with Crippen molar-refractivity contribution in [3.8, 4) is 0 Å². The van der Waals surface area contributed by atoms with Crippen molar-refractivity contribution in [2.45, 2.75) is 387 Å². The summed E-state index contributed by atoms with van der Waals surface area (Å²) in [5.74, 6) is 0. The fraction of sp³-hybridized carbons (Fsp3) is 0.909. The monoisotopic (exact) mass is 919 g/mol. The molecule has 0 aromatic heterocycles. The summed E-state index contributed by atoms with van der Waals surface area (Å²) in [6.07, 6.45) is 80.9. The molecule has 1 rings (SSSR count). The van der Waals surface area contributed by atoms with Crippen molar-refractivity contribution in [1.29, 1.82) is 0 Å². The molecule has 0 atom stereocenters. The van der Waals surface area contributed by atoms with E-state index in [1.807, 2.05) is 5.56 Å². The molecule has 0 aliphatic rings. The van der Waals surface area contributed by atoms with E-state index in [9.17, 15) is 0 Å². The smallest absolute Gasteiger partial charge is 0.0273 e. The number of unbranched alkanes of at least 4 members (excludes halogenated alkanes) is 48. The topological polar surface area (TPSA) is 0 Å². The van der Waals surface area contributed by atoms with E-state index in [-0.39, 0.29) is 0 Å². The Morgan fingerprint density at radius 3 is 0.561 bits per heavy atom. The zero-order chi connectivity index (χ0) is 47.3.